The topological polar surface area (TPSA) is 47.6 Å². The van der Waals surface area contributed by atoms with Gasteiger partial charge >= 0.3 is 0 Å². The highest BCUT2D eigenvalue weighted by Gasteiger charge is 2.21. The molecule has 0 fully saturated rings. The molecule has 0 atom stereocenters. The van der Waals surface area contributed by atoms with Crippen molar-refractivity contribution in [1.29, 1.82) is 0 Å². The van der Waals surface area contributed by atoms with Gasteiger partial charge in [-0.3, -0.25) is 4.79 Å². The summed E-state index contributed by atoms with van der Waals surface area (Å²) in [4.78, 5) is 12.2. The molecular weight excluding hydrogens is 386 g/mol. The van der Waals surface area contributed by atoms with E-state index in [1.54, 1.807) is 0 Å². The van der Waals surface area contributed by atoms with E-state index in [1.165, 1.54) is 5.56 Å². The number of nitrogens with one attached hydrogen (secondary N) is 1. The fraction of sp³-hybridized carbons (Fsp3) is 0.519. The van der Waals surface area contributed by atoms with Gasteiger partial charge in [0.1, 0.15) is 22.7 Å². The van der Waals surface area contributed by atoms with Gasteiger partial charge in [-0.2, -0.15) is 0 Å². The number of unbranched alkanes of at least 4 members (excludes halogenated alkanes) is 1. The first-order chi connectivity index (χ1) is 14.7. The van der Waals surface area contributed by atoms with E-state index in [0.29, 0.717) is 12.1 Å². The number of carbonyl (C=O) groups excluding carboxylic acids is 1. The molecule has 4 heteroatoms. The number of aryl methyl sites for hydroxylation is 1. The van der Waals surface area contributed by atoms with Crippen LogP contribution < -0.4 is 14.8 Å². The summed E-state index contributed by atoms with van der Waals surface area (Å²) in [6.45, 7) is 13.3. The van der Waals surface area contributed by atoms with Crippen molar-refractivity contribution >= 4 is 5.91 Å². The van der Waals surface area contributed by atoms with Crippen molar-refractivity contribution in [1.82, 2.24) is 5.32 Å². The van der Waals surface area contributed by atoms with Crippen LogP contribution in [0.25, 0.3) is 0 Å². The van der Waals surface area contributed by atoms with E-state index >= 15 is 0 Å². The van der Waals surface area contributed by atoms with Crippen LogP contribution in [0.4, 0.5) is 0 Å². The third-order valence-corrected chi connectivity index (χ3v) is 5.72. The van der Waals surface area contributed by atoms with Crippen LogP contribution in [-0.2, 0) is 6.42 Å². The average Bonchev–Trinajstić information content (AvgIpc) is 2.75. The van der Waals surface area contributed by atoms with Gasteiger partial charge in [0, 0.05) is 18.2 Å². The first kappa shape index (κ1) is 24.8. The highest BCUT2D eigenvalue weighted by atomic mass is 16.5. The molecular formula is C27H39NO3. The lowest BCUT2D eigenvalue weighted by Crippen LogP contribution is -2.28. The zero-order valence-corrected chi connectivity index (χ0v) is 20.1. The van der Waals surface area contributed by atoms with Crippen molar-refractivity contribution < 1.29 is 14.3 Å². The molecule has 0 aliphatic carbocycles. The lowest BCUT2D eigenvalue weighted by molar-refractivity contribution is 0.0942. The van der Waals surface area contributed by atoms with Gasteiger partial charge in [-0.15, -0.1) is 0 Å². The second kappa shape index (κ2) is 11.2. The van der Waals surface area contributed by atoms with Crippen LogP contribution in [-0.4, -0.2) is 23.7 Å². The average molecular weight is 426 g/mol. The molecule has 0 aromatic heterocycles. The molecule has 1 amide bonds. The lowest BCUT2D eigenvalue weighted by atomic mass is 10.0. The Kier molecular flexibility index (Phi) is 8.97. The minimum Gasteiger partial charge on any atom is -0.488 e. The minimum atomic E-state index is -0.239. The van der Waals surface area contributed by atoms with Crippen LogP contribution in [0.3, 0.4) is 0 Å². The van der Waals surface area contributed by atoms with Crippen molar-refractivity contribution in [2.45, 2.75) is 84.8 Å². The molecule has 0 saturated heterocycles. The van der Waals surface area contributed by atoms with Crippen LogP contribution in [0.15, 0.2) is 48.5 Å². The number of ether oxygens (including phenoxy) is 2. The summed E-state index contributed by atoms with van der Waals surface area (Å²) in [5.74, 6) is 1.71. The number of benzene rings is 2. The highest BCUT2D eigenvalue weighted by Crippen LogP contribution is 2.32. The van der Waals surface area contributed by atoms with E-state index < -0.39 is 0 Å². The zero-order valence-electron chi connectivity index (χ0n) is 20.1. The Morgan fingerprint density at radius 3 is 2.16 bits per heavy atom. The Hall–Kier alpha value is -2.49. The summed E-state index contributed by atoms with van der Waals surface area (Å²) in [5.41, 5.74) is 1.43. The summed E-state index contributed by atoms with van der Waals surface area (Å²) in [6.07, 6.45) is 4.63. The molecule has 0 bridgehead atoms. The molecule has 0 aliphatic rings. The smallest absolute Gasteiger partial charge is 0.251 e. The van der Waals surface area contributed by atoms with Gasteiger partial charge in [0.2, 0.25) is 0 Å². The number of hydrogen-bond donors (Lipinski definition) is 1. The van der Waals surface area contributed by atoms with Gasteiger partial charge in [0.05, 0.1) is 0 Å². The molecule has 0 radical (unpaired) electrons. The van der Waals surface area contributed by atoms with E-state index in [9.17, 15) is 4.79 Å². The van der Waals surface area contributed by atoms with Gasteiger partial charge in [0.15, 0.2) is 0 Å². The molecule has 31 heavy (non-hydrogen) atoms. The predicted molar refractivity (Wildman–Crippen MR) is 128 cm³/mol. The van der Waals surface area contributed by atoms with Crippen molar-refractivity contribution in [3.8, 4) is 11.5 Å². The van der Waals surface area contributed by atoms with Crippen LogP contribution in [0.1, 0.15) is 83.1 Å². The van der Waals surface area contributed by atoms with Crippen LogP contribution in [0, 0.1) is 0 Å². The summed E-state index contributed by atoms with van der Waals surface area (Å²) in [6, 6.07) is 15.5. The Morgan fingerprint density at radius 1 is 0.871 bits per heavy atom. The van der Waals surface area contributed by atoms with Crippen LogP contribution in [0.2, 0.25) is 0 Å². The quantitative estimate of drug-likeness (QED) is 0.391. The van der Waals surface area contributed by atoms with Crippen molar-refractivity contribution in [3.05, 3.63) is 59.7 Å². The van der Waals surface area contributed by atoms with Gasteiger partial charge in [-0.1, -0.05) is 38.1 Å². The molecule has 0 heterocycles. The number of carbonyl (C=O) groups is 1. The zero-order chi connectivity index (χ0) is 22.9. The Labute approximate surface area is 188 Å². The number of hydrogen-bond acceptors (Lipinski definition) is 3. The maximum Gasteiger partial charge on any atom is 0.251 e. The Bertz CT molecular complexity index is 828. The van der Waals surface area contributed by atoms with Gasteiger partial charge in [0.25, 0.3) is 5.91 Å². The molecule has 4 nitrogen and oxygen atoms in total. The predicted octanol–water partition coefficient (Wildman–Crippen LogP) is 6.57. The minimum absolute atomic E-state index is 0.0191. The summed E-state index contributed by atoms with van der Waals surface area (Å²) >= 11 is 0. The Balaban J connectivity index is 1.97. The monoisotopic (exact) mass is 425 g/mol. The van der Waals surface area contributed by atoms with Gasteiger partial charge in [-0.25, -0.2) is 0 Å². The summed E-state index contributed by atoms with van der Waals surface area (Å²) < 4.78 is 12.6. The SMILES string of the molecule is CCC(C)(C)Oc1ccc(CCCCNC(=O)c2ccccc2)c(OC(C)(C)CC)c1. The van der Waals surface area contributed by atoms with E-state index in [0.717, 1.165) is 43.6 Å². The molecule has 0 unspecified atom stereocenters. The van der Waals surface area contributed by atoms with Crippen LogP contribution in [0.5, 0.6) is 11.5 Å². The fourth-order valence-corrected chi connectivity index (χ4v) is 2.99. The van der Waals surface area contributed by atoms with Gasteiger partial charge < -0.3 is 14.8 Å². The second-order valence-corrected chi connectivity index (χ2v) is 9.28. The first-order valence-electron chi connectivity index (χ1n) is 11.5. The van der Waals surface area contributed by atoms with E-state index in [-0.39, 0.29) is 17.1 Å². The summed E-state index contributed by atoms with van der Waals surface area (Å²) in [5, 5.41) is 3.00. The third-order valence-electron chi connectivity index (χ3n) is 5.72. The molecule has 1 N–H and O–H groups in total. The number of amides is 1. The molecule has 170 valence electrons. The maximum absolute atomic E-state index is 12.2. The van der Waals surface area contributed by atoms with E-state index in [1.807, 2.05) is 42.5 Å². The normalized spacial score (nSPS) is 11.8. The fourth-order valence-electron chi connectivity index (χ4n) is 2.99. The first-order valence-corrected chi connectivity index (χ1v) is 11.5. The van der Waals surface area contributed by atoms with Crippen molar-refractivity contribution in [2.24, 2.45) is 0 Å². The number of rotatable bonds is 12. The van der Waals surface area contributed by atoms with Crippen molar-refractivity contribution in [2.75, 3.05) is 6.54 Å². The van der Waals surface area contributed by atoms with Gasteiger partial charge in [-0.05, 0) is 83.6 Å². The largest absolute Gasteiger partial charge is 0.488 e. The standard InChI is InChI=1S/C27H39NO3/c1-7-26(3,4)30-23-18-17-21(24(20-23)31-27(5,6)8-2)14-12-13-19-28-25(29)22-15-10-9-11-16-22/h9-11,15-18,20H,7-8,12-14,19H2,1-6H3,(H,28,29). The molecule has 2 rings (SSSR count). The Morgan fingerprint density at radius 2 is 1.52 bits per heavy atom. The highest BCUT2D eigenvalue weighted by molar-refractivity contribution is 5.94. The molecule has 0 aliphatic heterocycles. The van der Waals surface area contributed by atoms with Crippen LogP contribution >= 0.6 is 0 Å². The third kappa shape index (κ3) is 8.28. The molecule has 2 aromatic carbocycles. The molecule has 0 saturated carbocycles. The van der Waals surface area contributed by atoms with E-state index in [4.69, 9.17) is 9.47 Å². The lowest BCUT2D eigenvalue weighted by Gasteiger charge is -2.29. The second-order valence-electron chi connectivity index (χ2n) is 9.28. The maximum atomic E-state index is 12.2. The molecule has 0 spiro atoms. The van der Waals surface area contributed by atoms with E-state index in [2.05, 4.69) is 52.9 Å². The molecule has 2 aromatic rings. The summed E-state index contributed by atoms with van der Waals surface area (Å²) in [7, 11) is 0. The van der Waals surface area contributed by atoms with Crippen molar-refractivity contribution in [3.63, 3.8) is 0 Å².